The largest absolute Gasteiger partial charge is 0.497 e. The predicted molar refractivity (Wildman–Crippen MR) is 99.0 cm³/mol. The van der Waals surface area contributed by atoms with Crippen molar-refractivity contribution in [3.05, 3.63) is 24.3 Å². The molecule has 0 spiro atoms. The first kappa shape index (κ1) is 21.2. The van der Waals surface area contributed by atoms with Gasteiger partial charge in [0.05, 0.1) is 12.0 Å². The molecule has 1 atom stereocenters. The molecular formula is C18H26N2O6S. The zero-order valence-electron chi connectivity index (χ0n) is 15.6. The Morgan fingerprint density at radius 3 is 2.37 bits per heavy atom. The second kappa shape index (κ2) is 9.18. The number of sulfonamides is 1. The third-order valence-electron chi connectivity index (χ3n) is 4.70. The van der Waals surface area contributed by atoms with E-state index in [1.807, 2.05) is 0 Å². The van der Waals surface area contributed by atoms with Crippen molar-refractivity contribution in [2.45, 2.75) is 43.5 Å². The van der Waals surface area contributed by atoms with Crippen molar-refractivity contribution in [3.8, 4) is 5.75 Å². The quantitative estimate of drug-likeness (QED) is 0.686. The summed E-state index contributed by atoms with van der Waals surface area (Å²) in [7, 11) is -2.08. The first-order chi connectivity index (χ1) is 12.7. The minimum absolute atomic E-state index is 0.00000404. The summed E-state index contributed by atoms with van der Waals surface area (Å²) in [4.78, 5) is 23.1. The Morgan fingerprint density at radius 2 is 1.85 bits per heavy atom. The van der Waals surface area contributed by atoms with E-state index in [-0.39, 0.29) is 42.3 Å². The molecule has 0 saturated carbocycles. The summed E-state index contributed by atoms with van der Waals surface area (Å²) in [6.45, 7) is 2.32. The highest BCUT2D eigenvalue weighted by Crippen LogP contribution is 2.25. The van der Waals surface area contributed by atoms with Crippen LogP contribution in [0.3, 0.4) is 0 Å². The number of nitrogens with one attached hydrogen (secondary N) is 1. The highest BCUT2D eigenvalue weighted by molar-refractivity contribution is 7.89. The number of hydrogen-bond donors (Lipinski definition) is 2. The summed E-state index contributed by atoms with van der Waals surface area (Å²) >= 11 is 0. The maximum Gasteiger partial charge on any atom is 0.303 e. The lowest BCUT2D eigenvalue weighted by atomic mass is 9.96. The molecule has 9 heteroatoms. The van der Waals surface area contributed by atoms with Crippen molar-refractivity contribution >= 4 is 21.9 Å². The SMILES string of the molecule is COc1ccc(S(=O)(=O)N2CCC(C(=O)NC(C)CCC(=O)O)CC2)cc1. The average Bonchev–Trinajstić information content (AvgIpc) is 2.66. The van der Waals surface area contributed by atoms with Gasteiger partial charge >= 0.3 is 5.97 Å². The molecule has 1 unspecified atom stereocenters. The number of hydrogen-bond acceptors (Lipinski definition) is 5. The number of aliphatic carboxylic acids is 1. The summed E-state index contributed by atoms with van der Waals surface area (Å²) in [5.41, 5.74) is 0. The predicted octanol–water partition coefficient (Wildman–Crippen LogP) is 1.47. The number of piperidine rings is 1. The number of carbonyl (C=O) groups is 2. The molecule has 0 radical (unpaired) electrons. The Hall–Kier alpha value is -2.13. The molecule has 0 aromatic heterocycles. The number of nitrogens with zero attached hydrogens (tertiary/aromatic N) is 1. The molecule has 0 bridgehead atoms. The van der Waals surface area contributed by atoms with Gasteiger partial charge in [-0.2, -0.15) is 4.31 Å². The lowest BCUT2D eigenvalue weighted by molar-refractivity contribution is -0.137. The molecule has 1 aliphatic heterocycles. The van der Waals surface area contributed by atoms with Crippen LogP contribution in [0.2, 0.25) is 0 Å². The van der Waals surface area contributed by atoms with E-state index in [0.29, 0.717) is 25.0 Å². The fourth-order valence-electron chi connectivity index (χ4n) is 3.03. The van der Waals surface area contributed by atoms with E-state index in [0.717, 1.165) is 0 Å². The molecule has 150 valence electrons. The Kier molecular flexibility index (Phi) is 7.20. The molecule has 2 rings (SSSR count). The Balaban J connectivity index is 1.89. The van der Waals surface area contributed by atoms with Crippen molar-refractivity contribution in [2.24, 2.45) is 5.92 Å². The first-order valence-electron chi connectivity index (χ1n) is 8.90. The number of ether oxygens (including phenoxy) is 1. The van der Waals surface area contributed by atoms with Crippen LogP contribution in [0.4, 0.5) is 0 Å². The van der Waals surface area contributed by atoms with Gasteiger partial charge in [0.15, 0.2) is 0 Å². The fraction of sp³-hybridized carbons (Fsp3) is 0.556. The van der Waals surface area contributed by atoms with Crippen LogP contribution in [-0.2, 0) is 19.6 Å². The molecule has 1 aliphatic rings. The van der Waals surface area contributed by atoms with E-state index in [9.17, 15) is 18.0 Å². The highest BCUT2D eigenvalue weighted by atomic mass is 32.2. The van der Waals surface area contributed by atoms with Crippen LogP contribution < -0.4 is 10.1 Å². The van der Waals surface area contributed by atoms with Gasteiger partial charge in [0.25, 0.3) is 0 Å². The number of carboxylic acids is 1. The van der Waals surface area contributed by atoms with Crippen molar-refractivity contribution in [2.75, 3.05) is 20.2 Å². The van der Waals surface area contributed by atoms with Gasteiger partial charge in [0.1, 0.15) is 5.75 Å². The van der Waals surface area contributed by atoms with E-state index < -0.39 is 16.0 Å². The number of methoxy groups -OCH3 is 1. The number of rotatable bonds is 8. The fourth-order valence-corrected chi connectivity index (χ4v) is 4.50. The molecule has 27 heavy (non-hydrogen) atoms. The van der Waals surface area contributed by atoms with Crippen LogP contribution in [-0.4, -0.2) is 55.9 Å². The standard InChI is InChI=1S/C18H26N2O6S/c1-13(3-8-17(21)22)19-18(23)14-9-11-20(12-10-14)27(24,25)16-6-4-15(26-2)5-7-16/h4-7,13-14H,3,8-12H2,1-2H3,(H,19,23)(H,21,22). The molecule has 2 N–H and O–H groups in total. The molecule has 1 amide bonds. The zero-order chi connectivity index (χ0) is 20.0. The third kappa shape index (κ3) is 5.67. The summed E-state index contributed by atoms with van der Waals surface area (Å²) < 4.78 is 31.9. The second-order valence-corrected chi connectivity index (χ2v) is 8.63. The summed E-state index contributed by atoms with van der Waals surface area (Å²) in [6, 6.07) is 6.00. The molecule has 1 heterocycles. The van der Waals surface area contributed by atoms with Gasteiger partial charge in [-0.15, -0.1) is 0 Å². The number of carboxylic acid groups (broad SMARTS) is 1. The summed E-state index contributed by atoms with van der Waals surface area (Å²) in [5.74, 6) is -0.719. The lowest BCUT2D eigenvalue weighted by Crippen LogP contribution is -2.44. The molecule has 8 nitrogen and oxygen atoms in total. The van der Waals surface area contributed by atoms with Gasteiger partial charge in [-0.05, 0) is 50.5 Å². The van der Waals surface area contributed by atoms with Crippen LogP contribution in [0.1, 0.15) is 32.6 Å². The normalized spacial score (nSPS) is 17.3. The molecule has 1 aromatic carbocycles. The number of amides is 1. The van der Waals surface area contributed by atoms with Gasteiger partial charge in [0, 0.05) is 31.5 Å². The van der Waals surface area contributed by atoms with E-state index in [2.05, 4.69) is 5.32 Å². The van der Waals surface area contributed by atoms with Crippen LogP contribution in [0.25, 0.3) is 0 Å². The van der Waals surface area contributed by atoms with Crippen LogP contribution in [0.15, 0.2) is 29.2 Å². The third-order valence-corrected chi connectivity index (χ3v) is 6.61. The maximum atomic E-state index is 12.7. The van der Waals surface area contributed by atoms with E-state index in [1.165, 1.54) is 23.5 Å². The van der Waals surface area contributed by atoms with Gasteiger partial charge in [-0.1, -0.05) is 0 Å². The molecule has 0 aliphatic carbocycles. The average molecular weight is 398 g/mol. The molecule has 1 saturated heterocycles. The first-order valence-corrected chi connectivity index (χ1v) is 10.3. The highest BCUT2D eigenvalue weighted by Gasteiger charge is 2.32. The van der Waals surface area contributed by atoms with Crippen LogP contribution in [0, 0.1) is 5.92 Å². The van der Waals surface area contributed by atoms with Crippen LogP contribution >= 0.6 is 0 Å². The lowest BCUT2D eigenvalue weighted by Gasteiger charge is -2.31. The topological polar surface area (TPSA) is 113 Å². The maximum absolute atomic E-state index is 12.7. The van der Waals surface area contributed by atoms with E-state index in [1.54, 1.807) is 19.1 Å². The van der Waals surface area contributed by atoms with Crippen molar-refractivity contribution < 1.29 is 27.9 Å². The van der Waals surface area contributed by atoms with Gasteiger partial charge in [-0.25, -0.2) is 8.42 Å². The smallest absolute Gasteiger partial charge is 0.303 e. The zero-order valence-corrected chi connectivity index (χ0v) is 16.4. The van der Waals surface area contributed by atoms with Crippen molar-refractivity contribution in [1.29, 1.82) is 0 Å². The Labute approximate surface area is 159 Å². The minimum atomic E-state index is -3.60. The molecule has 1 fully saturated rings. The summed E-state index contributed by atoms with van der Waals surface area (Å²) in [5, 5.41) is 11.5. The summed E-state index contributed by atoms with van der Waals surface area (Å²) in [6.07, 6.45) is 1.24. The van der Waals surface area contributed by atoms with Gasteiger partial charge < -0.3 is 15.2 Å². The molecular weight excluding hydrogens is 372 g/mol. The monoisotopic (exact) mass is 398 g/mol. The van der Waals surface area contributed by atoms with Crippen LogP contribution in [0.5, 0.6) is 5.75 Å². The Morgan fingerprint density at radius 1 is 1.26 bits per heavy atom. The number of carbonyl (C=O) groups excluding carboxylic acids is 1. The van der Waals surface area contributed by atoms with Gasteiger partial charge in [-0.3, -0.25) is 9.59 Å². The van der Waals surface area contributed by atoms with E-state index in [4.69, 9.17) is 9.84 Å². The Bertz CT molecular complexity index is 755. The van der Waals surface area contributed by atoms with Gasteiger partial charge in [0.2, 0.25) is 15.9 Å². The van der Waals surface area contributed by atoms with Crippen molar-refractivity contribution in [3.63, 3.8) is 0 Å². The van der Waals surface area contributed by atoms with E-state index >= 15 is 0 Å². The minimum Gasteiger partial charge on any atom is -0.497 e. The number of benzene rings is 1. The van der Waals surface area contributed by atoms with Crippen molar-refractivity contribution in [1.82, 2.24) is 9.62 Å². The molecule has 1 aromatic rings. The second-order valence-electron chi connectivity index (χ2n) is 6.70.